The standard InChI is InChI=1S/C20H19FO6/c21-18-17(26-19(23)12-7-3-1-4-8-12)15(22)16-14(25-18)11-24-20(27-16)13-9-5-2-6-10-13/h1-10,14-18,20,22H,11H2/t14-,15+,16+,17-,18-,20?/m1/s1. The van der Waals surface area contributed by atoms with E-state index in [4.69, 9.17) is 18.9 Å². The van der Waals surface area contributed by atoms with Gasteiger partial charge in [-0.1, -0.05) is 48.5 Å². The summed E-state index contributed by atoms with van der Waals surface area (Å²) in [6.45, 7) is 0.0566. The summed E-state index contributed by atoms with van der Waals surface area (Å²) >= 11 is 0. The van der Waals surface area contributed by atoms with Gasteiger partial charge in [-0.2, -0.15) is 0 Å². The summed E-state index contributed by atoms with van der Waals surface area (Å²) in [5.74, 6) is -0.740. The summed E-state index contributed by atoms with van der Waals surface area (Å²) in [6, 6.07) is 17.4. The predicted octanol–water partition coefficient (Wildman–Crippen LogP) is 2.38. The number of aliphatic hydroxyl groups is 1. The van der Waals surface area contributed by atoms with Crippen molar-refractivity contribution in [1.82, 2.24) is 0 Å². The smallest absolute Gasteiger partial charge is 0.338 e. The molecule has 2 heterocycles. The molecule has 2 fully saturated rings. The third-order valence-electron chi connectivity index (χ3n) is 4.62. The number of benzene rings is 2. The van der Waals surface area contributed by atoms with Crippen molar-refractivity contribution in [3.8, 4) is 0 Å². The molecule has 7 heteroatoms. The highest BCUT2D eigenvalue weighted by Crippen LogP contribution is 2.35. The van der Waals surface area contributed by atoms with Gasteiger partial charge in [0.15, 0.2) is 12.4 Å². The van der Waals surface area contributed by atoms with Gasteiger partial charge in [0.2, 0.25) is 6.36 Å². The molecule has 0 saturated carbocycles. The Bertz CT molecular complexity index is 771. The van der Waals surface area contributed by atoms with E-state index in [-0.39, 0.29) is 12.2 Å². The number of carbonyl (C=O) groups excluding carboxylic acids is 1. The molecule has 2 aliphatic heterocycles. The van der Waals surface area contributed by atoms with Crippen molar-refractivity contribution in [2.75, 3.05) is 6.61 Å². The molecule has 142 valence electrons. The molecule has 2 aromatic carbocycles. The van der Waals surface area contributed by atoms with E-state index >= 15 is 0 Å². The molecule has 27 heavy (non-hydrogen) atoms. The molecule has 0 aliphatic carbocycles. The average Bonchev–Trinajstić information content (AvgIpc) is 2.72. The number of alkyl halides is 1. The fourth-order valence-electron chi connectivity index (χ4n) is 3.22. The first-order valence-electron chi connectivity index (χ1n) is 8.69. The molecule has 0 amide bonds. The molecule has 4 rings (SSSR count). The summed E-state index contributed by atoms with van der Waals surface area (Å²) in [7, 11) is 0. The highest BCUT2D eigenvalue weighted by atomic mass is 19.1. The van der Waals surface area contributed by atoms with Crippen molar-refractivity contribution in [3.63, 3.8) is 0 Å². The number of fused-ring (bicyclic) bond motifs is 1. The minimum absolute atomic E-state index is 0.0566. The third kappa shape index (κ3) is 3.72. The Balaban J connectivity index is 1.48. The van der Waals surface area contributed by atoms with E-state index in [1.165, 1.54) is 0 Å². The Morgan fingerprint density at radius 3 is 2.41 bits per heavy atom. The Hall–Kier alpha value is -2.32. The molecular formula is C20H19FO6. The maximum atomic E-state index is 14.4. The van der Waals surface area contributed by atoms with Gasteiger partial charge in [-0.3, -0.25) is 0 Å². The Kier molecular flexibility index (Phi) is 5.18. The van der Waals surface area contributed by atoms with E-state index < -0.39 is 43.0 Å². The first-order valence-corrected chi connectivity index (χ1v) is 8.69. The van der Waals surface area contributed by atoms with Crippen LogP contribution in [0, 0.1) is 0 Å². The van der Waals surface area contributed by atoms with Crippen molar-refractivity contribution >= 4 is 5.97 Å². The Morgan fingerprint density at radius 1 is 1.04 bits per heavy atom. The van der Waals surface area contributed by atoms with E-state index in [1.54, 1.807) is 30.3 Å². The van der Waals surface area contributed by atoms with E-state index in [2.05, 4.69) is 0 Å². The number of rotatable bonds is 3. The van der Waals surface area contributed by atoms with E-state index in [0.29, 0.717) is 0 Å². The Labute approximate surface area is 155 Å². The first kappa shape index (κ1) is 18.1. The van der Waals surface area contributed by atoms with Crippen molar-refractivity contribution in [2.24, 2.45) is 0 Å². The van der Waals surface area contributed by atoms with Gasteiger partial charge in [-0.25, -0.2) is 9.18 Å². The van der Waals surface area contributed by atoms with Gasteiger partial charge >= 0.3 is 5.97 Å². The van der Waals surface area contributed by atoms with Crippen LogP contribution >= 0.6 is 0 Å². The summed E-state index contributed by atoms with van der Waals surface area (Å²) in [4.78, 5) is 12.2. The summed E-state index contributed by atoms with van der Waals surface area (Å²) in [5.41, 5.74) is 1.03. The fourth-order valence-corrected chi connectivity index (χ4v) is 3.22. The zero-order valence-corrected chi connectivity index (χ0v) is 14.3. The van der Waals surface area contributed by atoms with Gasteiger partial charge in [-0.05, 0) is 12.1 Å². The first-order chi connectivity index (χ1) is 13.1. The second kappa shape index (κ2) is 7.74. The van der Waals surface area contributed by atoms with Crippen LogP contribution in [0.5, 0.6) is 0 Å². The highest BCUT2D eigenvalue weighted by molar-refractivity contribution is 5.89. The number of esters is 1. The zero-order valence-electron chi connectivity index (χ0n) is 14.3. The monoisotopic (exact) mass is 374 g/mol. The minimum atomic E-state index is -1.98. The van der Waals surface area contributed by atoms with Crippen molar-refractivity contribution in [2.45, 2.75) is 37.1 Å². The number of halogens is 1. The molecule has 1 unspecified atom stereocenters. The molecular weight excluding hydrogens is 355 g/mol. The second-order valence-corrected chi connectivity index (χ2v) is 6.43. The molecule has 2 aromatic rings. The molecule has 0 aromatic heterocycles. The second-order valence-electron chi connectivity index (χ2n) is 6.43. The molecule has 2 saturated heterocycles. The quantitative estimate of drug-likeness (QED) is 0.832. The number of hydrogen-bond acceptors (Lipinski definition) is 6. The maximum absolute atomic E-state index is 14.4. The van der Waals surface area contributed by atoms with Gasteiger partial charge in [-0.15, -0.1) is 0 Å². The summed E-state index contributed by atoms with van der Waals surface area (Å²) < 4.78 is 36.2. The number of carbonyl (C=O) groups is 1. The van der Waals surface area contributed by atoms with E-state index in [9.17, 15) is 14.3 Å². The third-order valence-corrected chi connectivity index (χ3v) is 4.62. The lowest BCUT2D eigenvalue weighted by Gasteiger charge is -2.45. The molecule has 6 atom stereocenters. The molecule has 0 bridgehead atoms. The van der Waals surface area contributed by atoms with Crippen LogP contribution in [-0.2, 0) is 18.9 Å². The SMILES string of the molecule is O=C(O[C@@H]1[C@@H](O)[C@H]2OC(c3ccccc3)OC[C@H]2O[C@H]1F)c1ccccc1. The lowest BCUT2D eigenvalue weighted by atomic mass is 9.98. The normalized spacial score (nSPS) is 33.1. The zero-order chi connectivity index (χ0) is 18.8. The van der Waals surface area contributed by atoms with Crippen LogP contribution in [0.2, 0.25) is 0 Å². The van der Waals surface area contributed by atoms with Crippen LogP contribution in [0.1, 0.15) is 22.2 Å². The average molecular weight is 374 g/mol. The van der Waals surface area contributed by atoms with E-state index in [0.717, 1.165) is 5.56 Å². The summed E-state index contributed by atoms with van der Waals surface area (Å²) in [6.07, 6.45) is -7.25. The van der Waals surface area contributed by atoms with E-state index in [1.807, 2.05) is 30.3 Å². The molecule has 2 aliphatic rings. The lowest BCUT2D eigenvalue weighted by molar-refractivity contribution is -0.342. The van der Waals surface area contributed by atoms with Gasteiger partial charge in [0, 0.05) is 5.56 Å². The minimum Gasteiger partial charge on any atom is -0.450 e. The highest BCUT2D eigenvalue weighted by Gasteiger charge is 2.51. The van der Waals surface area contributed by atoms with Crippen molar-refractivity contribution in [3.05, 3.63) is 71.8 Å². The van der Waals surface area contributed by atoms with Crippen LogP contribution in [-0.4, -0.2) is 48.5 Å². The number of aliphatic hydroxyl groups excluding tert-OH is 1. The molecule has 0 radical (unpaired) electrons. The van der Waals surface area contributed by atoms with Crippen LogP contribution in [0.4, 0.5) is 4.39 Å². The molecule has 6 nitrogen and oxygen atoms in total. The molecule has 1 N–H and O–H groups in total. The Morgan fingerprint density at radius 2 is 1.70 bits per heavy atom. The van der Waals surface area contributed by atoms with Gasteiger partial charge in [0.25, 0.3) is 0 Å². The number of ether oxygens (including phenoxy) is 4. The van der Waals surface area contributed by atoms with Crippen LogP contribution in [0.25, 0.3) is 0 Å². The van der Waals surface area contributed by atoms with Crippen LogP contribution < -0.4 is 0 Å². The van der Waals surface area contributed by atoms with Gasteiger partial charge in [0.05, 0.1) is 12.2 Å². The topological polar surface area (TPSA) is 74.2 Å². The van der Waals surface area contributed by atoms with Crippen molar-refractivity contribution < 1.29 is 33.2 Å². The number of hydrogen-bond donors (Lipinski definition) is 1. The fraction of sp³-hybridized carbons (Fsp3) is 0.350. The summed E-state index contributed by atoms with van der Waals surface area (Å²) in [5, 5.41) is 10.6. The van der Waals surface area contributed by atoms with Crippen LogP contribution in [0.3, 0.4) is 0 Å². The van der Waals surface area contributed by atoms with Gasteiger partial charge < -0.3 is 24.1 Å². The molecule has 0 spiro atoms. The van der Waals surface area contributed by atoms with Gasteiger partial charge in [0.1, 0.15) is 18.3 Å². The van der Waals surface area contributed by atoms with Crippen molar-refractivity contribution in [1.29, 1.82) is 0 Å². The largest absolute Gasteiger partial charge is 0.450 e. The lowest BCUT2D eigenvalue weighted by Crippen LogP contribution is -2.61. The van der Waals surface area contributed by atoms with Crippen LogP contribution in [0.15, 0.2) is 60.7 Å². The predicted molar refractivity (Wildman–Crippen MR) is 91.4 cm³/mol. The maximum Gasteiger partial charge on any atom is 0.338 e.